The fraction of sp³-hybridized carbons (Fsp3) is 0.467. The van der Waals surface area contributed by atoms with Crippen LogP contribution in [-0.2, 0) is 4.79 Å². The Morgan fingerprint density at radius 2 is 2.10 bits per heavy atom. The van der Waals surface area contributed by atoms with Crippen molar-refractivity contribution in [2.24, 2.45) is 11.8 Å². The zero-order chi connectivity index (χ0) is 15.1. The Kier molecular flexibility index (Phi) is 3.65. The average molecular weight is 353 g/mol. The summed E-state index contributed by atoms with van der Waals surface area (Å²) in [6, 6.07) is 4.31. The monoisotopic (exact) mass is 352 g/mol. The standard InChI is InChI=1S/C15H17BrN2O3/c16-12-5-4-9(17)6-11(12)14(19)18-7-8-2-1-3-10(8)13(18)15(20)21/h4-6,8,10,13H,1-3,7,17H2,(H,20,21). The minimum absolute atomic E-state index is 0.0892. The molecule has 21 heavy (non-hydrogen) atoms. The molecule has 5 nitrogen and oxygen atoms in total. The summed E-state index contributed by atoms with van der Waals surface area (Å²) in [5.74, 6) is -0.755. The number of amides is 1. The third-order valence-corrected chi connectivity index (χ3v) is 5.32. The van der Waals surface area contributed by atoms with E-state index in [0.717, 1.165) is 19.3 Å². The van der Waals surface area contributed by atoms with Crippen molar-refractivity contribution in [1.29, 1.82) is 0 Å². The largest absolute Gasteiger partial charge is 0.480 e. The highest BCUT2D eigenvalue weighted by Gasteiger charge is 2.49. The van der Waals surface area contributed by atoms with Gasteiger partial charge in [-0.3, -0.25) is 4.79 Å². The molecule has 6 heteroatoms. The van der Waals surface area contributed by atoms with E-state index in [2.05, 4.69) is 15.9 Å². The van der Waals surface area contributed by atoms with Crippen molar-refractivity contribution in [3.8, 4) is 0 Å². The Labute approximate surface area is 131 Å². The van der Waals surface area contributed by atoms with Crippen molar-refractivity contribution < 1.29 is 14.7 Å². The molecule has 3 rings (SSSR count). The lowest BCUT2D eigenvalue weighted by molar-refractivity contribution is -0.142. The SMILES string of the molecule is Nc1ccc(Br)c(C(=O)N2CC3CCCC3C2C(=O)O)c1. The number of carboxylic acids is 1. The van der Waals surface area contributed by atoms with Crippen molar-refractivity contribution in [1.82, 2.24) is 4.90 Å². The second-order valence-electron chi connectivity index (χ2n) is 5.83. The molecule has 3 atom stereocenters. The van der Waals surface area contributed by atoms with Gasteiger partial charge in [-0.15, -0.1) is 0 Å². The number of halogens is 1. The van der Waals surface area contributed by atoms with Crippen LogP contribution < -0.4 is 5.73 Å². The number of benzene rings is 1. The fourth-order valence-electron chi connectivity index (χ4n) is 3.69. The summed E-state index contributed by atoms with van der Waals surface area (Å²) < 4.78 is 0.642. The van der Waals surface area contributed by atoms with E-state index in [1.54, 1.807) is 18.2 Å². The van der Waals surface area contributed by atoms with Crippen LogP contribution in [0.1, 0.15) is 29.6 Å². The van der Waals surface area contributed by atoms with Crippen LogP contribution in [0, 0.1) is 11.8 Å². The molecular weight excluding hydrogens is 336 g/mol. The lowest BCUT2D eigenvalue weighted by Crippen LogP contribution is -2.43. The van der Waals surface area contributed by atoms with Crippen LogP contribution >= 0.6 is 15.9 Å². The number of fused-ring (bicyclic) bond motifs is 1. The summed E-state index contributed by atoms with van der Waals surface area (Å²) in [5.41, 5.74) is 6.67. The maximum Gasteiger partial charge on any atom is 0.326 e. The molecule has 1 saturated heterocycles. The molecule has 1 aromatic carbocycles. The third-order valence-electron chi connectivity index (χ3n) is 4.63. The normalized spacial score (nSPS) is 27.7. The molecule has 0 spiro atoms. The number of aliphatic carboxylic acids is 1. The highest BCUT2D eigenvalue weighted by atomic mass is 79.9. The van der Waals surface area contributed by atoms with E-state index >= 15 is 0 Å². The minimum Gasteiger partial charge on any atom is -0.480 e. The highest BCUT2D eigenvalue weighted by Crippen LogP contribution is 2.43. The molecule has 2 fully saturated rings. The second-order valence-corrected chi connectivity index (χ2v) is 6.69. The first-order valence-electron chi connectivity index (χ1n) is 7.08. The van der Waals surface area contributed by atoms with Crippen LogP contribution in [0.15, 0.2) is 22.7 Å². The number of nitrogens with zero attached hydrogens (tertiary/aromatic N) is 1. The van der Waals surface area contributed by atoms with Gasteiger partial charge < -0.3 is 15.7 Å². The van der Waals surface area contributed by atoms with Crippen molar-refractivity contribution in [3.63, 3.8) is 0 Å². The highest BCUT2D eigenvalue weighted by molar-refractivity contribution is 9.10. The van der Waals surface area contributed by atoms with Gasteiger partial charge in [0.15, 0.2) is 0 Å². The Bertz CT molecular complexity index is 605. The Morgan fingerprint density at radius 1 is 1.33 bits per heavy atom. The predicted octanol–water partition coefficient (Wildman–Crippen LogP) is 2.36. The molecule has 0 aromatic heterocycles. The zero-order valence-corrected chi connectivity index (χ0v) is 13.0. The van der Waals surface area contributed by atoms with Gasteiger partial charge in [-0.25, -0.2) is 4.79 Å². The number of carboxylic acid groups (broad SMARTS) is 1. The molecule has 112 valence electrons. The Balaban J connectivity index is 1.93. The molecule has 3 unspecified atom stereocenters. The molecule has 1 saturated carbocycles. The quantitative estimate of drug-likeness (QED) is 0.800. The number of likely N-dealkylation sites (tertiary alicyclic amines) is 1. The van der Waals surface area contributed by atoms with Crippen molar-refractivity contribution in [3.05, 3.63) is 28.2 Å². The number of nitrogens with two attached hydrogens (primary N) is 1. The lowest BCUT2D eigenvalue weighted by atomic mass is 9.94. The summed E-state index contributed by atoms with van der Waals surface area (Å²) in [7, 11) is 0. The lowest BCUT2D eigenvalue weighted by Gasteiger charge is -2.25. The van der Waals surface area contributed by atoms with Crippen LogP contribution in [0.3, 0.4) is 0 Å². The minimum atomic E-state index is -0.905. The van der Waals surface area contributed by atoms with E-state index in [0.29, 0.717) is 28.2 Å². The van der Waals surface area contributed by atoms with E-state index in [4.69, 9.17) is 5.73 Å². The molecule has 0 radical (unpaired) electrons. The van der Waals surface area contributed by atoms with Crippen molar-refractivity contribution in [2.45, 2.75) is 25.3 Å². The zero-order valence-electron chi connectivity index (χ0n) is 11.5. The van der Waals surface area contributed by atoms with Gasteiger partial charge in [0.2, 0.25) is 0 Å². The van der Waals surface area contributed by atoms with Crippen LogP contribution in [0.2, 0.25) is 0 Å². The Morgan fingerprint density at radius 3 is 2.81 bits per heavy atom. The summed E-state index contributed by atoms with van der Waals surface area (Å²) in [4.78, 5) is 25.9. The average Bonchev–Trinajstić information content (AvgIpc) is 3.00. The summed E-state index contributed by atoms with van der Waals surface area (Å²) in [5, 5.41) is 9.52. The summed E-state index contributed by atoms with van der Waals surface area (Å²) >= 11 is 3.35. The molecule has 0 bridgehead atoms. The van der Waals surface area contributed by atoms with Crippen LogP contribution in [0.25, 0.3) is 0 Å². The van der Waals surface area contributed by atoms with E-state index in [1.165, 1.54) is 4.90 Å². The number of hydrogen-bond donors (Lipinski definition) is 2. The van der Waals surface area contributed by atoms with Crippen LogP contribution in [0.4, 0.5) is 5.69 Å². The maximum atomic E-state index is 12.7. The third kappa shape index (κ3) is 2.41. The number of hydrogen-bond acceptors (Lipinski definition) is 3. The Hall–Kier alpha value is -1.56. The van der Waals surface area contributed by atoms with Gasteiger partial charge >= 0.3 is 5.97 Å². The fourth-order valence-corrected chi connectivity index (χ4v) is 4.11. The topological polar surface area (TPSA) is 83.6 Å². The maximum absolute atomic E-state index is 12.7. The molecule has 3 N–H and O–H groups in total. The molecule has 1 aliphatic heterocycles. The molecule has 2 aliphatic rings. The van der Waals surface area contributed by atoms with Crippen LogP contribution in [0.5, 0.6) is 0 Å². The van der Waals surface area contributed by atoms with Gasteiger partial charge in [-0.2, -0.15) is 0 Å². The van der Waals surface area contributed by atoms with Gasteiger partial charge in [0.25, 0.3) is 5.91 Å². The van der Waals surface area contributed by atoms with Gasteiger partial charge in [-0.1, -0.05) is 6.42 Å². The first kappa shape index (κ1) is 14.4. The number of anilines is 1. The summed E-state index contributed by atoms with van der Waals surface area (Å²) in [6.45, 7) is 0.529. The second kappa shape index (κ2) is 5.33. The number of carbonyl (C=O) groups excluding carboxylic acids is 1. The predicted molar refractivity (Wildman–Crippen MR) is 81.8 cm³/mol. The number of rotatable bonds is 2. The molecule has 1 aliphatic carbocycles. The van der Waals surface area contributed by atoms with E-state index in [1.807, 2.05) is 0 Å². The van der Waals surface area contributed by atoms with Crippen molar-refractivity contribution in [2.75, 3.05) is 12.3 Å². The smallest absolute Gasteiger partial charge is 0.326 e. The van der Waals surface area contributed by atoms with Crippen LogP contribution in [-0.4, -0.2) is 34.5 Å². The van der Waals surface area contributed by atoms with Crippen molar-refractivity contribution >= 4 is 33.5 Å². The van der Waals surface area contributed by atoms with E-state index < -0.39 is 12.0 Å². The molecule has 1 amide bonds. The first-order valence-corrected chi connectivity index (χ1v) is 7.87. The number of nitrogen functional groups attached to an aromatic ring is 1. The van der Waals surface area contributed by atoms with Gasteiger partial charge in [0.1, 0.15) is 6.04 Å². The molecule has 1 heterocycles. The molecular formula is C15H17BrN2O3. The first-order chi connectivity index (χ1) is 9.99. The van der Waals surface area contributed by atoms with Gasteiger partial charge in [-0.05, 0) is 58.8 Å². The summed E-state index contributed by atoms with van der Waals surface area (Å²) in [6.07, 6.45) is 2.96. The van der Waals surface area contributed by atoms with Gasteiger partial charge in [0, 0.05) is 16.7 Å². The molecule has 1 aromatic rings. The van der Waals surface area contributed by atoms with E-state index in [9.17, 15) is 14.7 Å². The van der Waals surface area contributed by atoms with E-state index in [-0.39, 0.29) is 11.8 Å². The van der Waals surface area contributed by atoms with Gasteiger partial charge in [0.05, 0.1) is 5.56 Å². The number of carbonyl (C=O) groups is 2.